The summed E-state index contributed by atoms with van der Waals surface area (Å²) in [5.41, 5.74) is 2.24. The summed E-state index contributed by atoms with van der Waals surface area (Å²) in [6.45, 7) is 10.5. The average molecular weight is 329 g/mol. The number of rotatable bonds is 7. The number of aliphatic hydroxyl groups excluding tert-OH is 1. The van der Waals surface area contributed by atoms with E-state index in [4.69, 9.17) is 4.74 Å². The predicted molar refractivity (Wildman–Crippen MR) is 88.0 cm³/mol. The van der Waals surface area contributed by atoms with Crippen LogP contribution in [0.2, 0.25) is 0 Å². The fourth-order valence-corrected chi connectivity index (χ4v) is 2.51. The van der Waals surface area contributed by atoms with E-state index in [1.807, 2.05) is 33.1 Å². The minimum absolute atomic E-state index is 0.123. The van der Waals surface area contributed by atoms with E-state index < -0.39 is 17.8 Å². The molecule has 1 aromatic rings. The molecule has 2 N–H and O–H groups in total. The molecule has 0 saturated heterocycles. The quantitative estimate of drug-likeness (QED) is 0.803. The van der Waals surface area contributed by atoms with Crippen molar-refractivity contribution in [2.45, 2.75) is 52.4 Å². The molecule has 2 unspecified atom stereocenters. The molecule has 1 aromatic heterocycles. The van der Waals surface area contributed by atoms with Crippen molar-refractivity contribution >= 4 is 17.4 Å². The van der Waals surface area contributed by atoms with Crippen LogP contribution in [0.5, 0.6) is 0 Å². The first-order valence-corrected chi connectivity index (χ1v) is 8.41. The van der Waals surface area contributed by atoms with Crippen molar-refractivity contribution in [2.75, 3.05) is 19.6 Å². The molecule has 1 rings (SSSR count). The van der Waals surface area contributed by atoms with Gasteiger partial charge in [0.15, 0.2) is 0 Å². The van der Waals surface area contributed by atoms with E-state index in [0.29, 0.717) is 13.1 Å². The molecule has 2 atom stereocenters. The molecule has 1 heterocycles. The lowest BCUT2D eigenvalue weighted by Gasteiger charge is -2.28. The van der Waals surface area contributed by atoms with Gasteiger partial charge < -0.3 is 20.1 Å². The van der Waals surface area contributed by atoms with Crippen LogP contribution in [-0.2, 0) is 4.74 Å². The van der Waals surface area contributed by atoms with Crippen LogP contribution in [0.3, 0.4) is 0 Å². The number of carbonyl (C=O) groups excluding carboxylic acids is 1. The second kappa shape index (κ2) is 8.45. The highest BCUT2D eigenvalue weighted by atomic mass is 32.1. The fraction of sp³-hybridized carbons (Fsp3) is 0.733. The van der Waals surface area contributed by atoms with E-state index >= 15 is 0 Å². The molecular weight excluding hydrogens is 302 g/mol. The number of thiazole rings is 1. The normalized spacial score (nSPS) is 14.5. The lowest BCUT2D eigenvalue weighted by atomic mass is 10.2. The maximum atomic E-state index is 12.2. The van der Waals surface area contributed by atoms with Crippen LogP contribution in [0.1, 0.15) is 46.4 Å². The SMILES string of the molecule is CC(O)CN(CCNC(C)c1cscn1)C(=O)OC(C)(C)C. The second-order valence-electron chi connectivity index (χ2n) is 6.36. The lowest BCUT2D eigenvalue weighted by Crippen LogP contribution is -2.43. The molecule has 0 saturated carbocycles. The molecule has 0 fully saturated rings. The van der Waals surface area contributed by atoms with Crippen molar-refractivity contribution in [1.82, 2.24) is 15.2 Å². The first kappa shape index (κ1) is 18.9. The minimum atomic E-state index is -0.594. The third-order valence-electron chi connectivity index (χ3n) is 2.86. The van der Waals surface area contributed by atoms with Gasteiger partial charge in [0, 0.05) is 31.1 Å². The number of hydrogen-bond donors (Lipinski definition) is 2. The Morgan fingerprint density at radius 2 is 2.18 bits per heavy atom. The number of aromatic nitrogens is 1. The number of hydrogen-bond acceptors (Lipinski definition) is 6. The van der Waals surface area contributed by atoms with Gasteiger partial charge in [0.05, 0.1) is 17.3 Å². The van der Waals surface area contributed by atoms with Crippen LogP contribution in [0.15, 0.2) is 10.9 Å². The Morgan fingerprint density at radius 3 is 2.68 bits per heavy atom. The smallest absolute Gasteiger partial charge is 0.410 e. The van der Waals surface area contributed by atoms with E-state index in [1.54, 1.807) is 23.8 Å². The molecule has 126 valence electrons. The largest absolute Gasteiger partial charge is 0.444 e. The van der Waals surface area contributed by atoms with E-state index in [2.05, 4.69) is 10.3 Å². The summed E-state index contributed by atoms with van der Waals surface area (Å²) in [5.74, 6) is 0. The molecule has 0 aliphatic carbocycles. The second-order valence-corrected chi connectivity index (χ2v) is 7.08. The third-order valence-corrected chi connectivity index (χ3v) is 3.47. The summed E-state index contributed by atoms with van der Waals surface area (Å²) in [6, 6.07) is 0.123. The molecular formula is C15H27N3O3S. The molecule has 0 aliphatic rings. The van der Waals surface area contributed by atoms with Gasteiger partial charge in [0.2, 0.25) is 0 Å². The Labute approximate surface area is 136 Å². The number of carbonyl (C=O) groups is 1. The number of nitrogens with one attached hydrogen (secondary N) is 1. The van der Waals surface area contributed by atoms with Gasteiger partial charge in [0.1, 0.15) is 5.60 Å². The predicted octanol–water partition coefficient (Wildman–Crippen LogP) is 2.41. The summed E-state index contributed by atoms with van der Waals surface area (Å²) in [5, 5.41) is 14.9. The molecule has 7 heteroatoms. The third kappa shape index (κ3) is 7.20. The summed E-state index contributed by atoms with van der Waals surface area (Å²) in [4.78, 5) is 17.9. The minimum Gasteiger partial charge on any atom is -0.444 e. The Kier molecular flexibility index (Phi) is 7.25. The van der Waals surface area contributed by atoms with Gasteiger partial charge in [0.25, 0.3) is 0 Å². The number of amides is 1. The van der Waals surface area contributed by atoms with Crippen LogP contribution in [0.4, 0.5) is 4.79 Å². The van der Waals surface area contributed by atoms with Crippen LogP contribution in [0.25, 0.3) is 0 Å². The topological polar surface area (TPSA) is 74.7 Å². The van der Waals surface area contributed by atoms with Gasteiger partial charge in [-0.15, -0.1) is 11.3 Å². The van der Waals surface area contributed by atoms with Gasteiger partial charge in [-0.1, -0.05) is 0 Å². The molecule has 0 radical (unpaired) electrons. The van der Waals surface area contributed by atoms with Crippen LogP contribution in [-0.4, -0.2) is 52.4 Å². The molecule has 22 heavy (non-hydrogen) atoms. The van der Waals surface area contributed by atoms with Crippen LogP contribution < -0.4 is 5.32 Å². The standard InChI is InChI=1S/C15H27N3O3S/c1-11(19)8-18(14(20)21-15(3,4)5)7-6-16-12(2)13-9-22-10-17-13/h9-12,16,19H,6-8H2,1-5H3. The Hall–Kier alpha value is -1.18. The Bertz CT molecular complexity index is 443. The zero-order chi connectivity index (χ0) is 16.8. The van der Waals surface area contributed by atoms with Gasteiger partial charge in [-0.05, 0) is 34.6 Å². The number of nitrogens with zero attached hydrogens (tertiary/aromatic N) is 2. The summed E-state index contributed by atoms with van der Waals surface area (Å²) < 4.78 is 5.37. The fourth-order valence-electron chi connectivity index (χ4n) is 1.86. The van der Waals surface area contributed by atoms with Gasteiger partial charge >= 0.3 is 6.09 Å². The summed E-state index contributed by atoms with van der Waals surface area (Å²) in [6.07, 6.45) is -1.00. The molecule has 0 bridgehead atoms. The van der Waals surface area contributed by atoms with Crippen molar-refractivity contribution in [1.29, 1.82) is 0 Å². The van der Waals surface area contributed by atoms with Crippen molar-refractivity contribution < 1.29 is 14.6 Å². The van der Waals surface area contributed by atoms with Crippen molar-refractivity contribution in [3.8, 4) is 0 Å². The van der Waals surface area contributed by atoms with Gasteiger partial charge in [-0.3, -0.25) is 0 Å². The van der Waals surface area contributed by atoms with E-state index in [0.717, 1.165) is 5.69 Å². The average Bonchev–Trinajstić information content (AvgIpc) is 2.88. The van der Waals surface area contributed by atoms with E-state index in [-0.39, 0.29) is 12.6 Å². The highest BCUT2D eigenvalue weighted by molar-refractivity contribution is 7.07. The lowest BCUT2D eigenvalue weighted by molar-refractivity contribution is 0.0163. The maximum Gasteiger partial charge on any atom is 0.410 e. The van der Waals surface area contributed by atoms with Crippen LogP contribution in [0, 0.1) is 0 Å². The first-order chi connectivity index (χ1) is 10.2. The Morgan fingerprint density at radius 1 is 1.50 bits per heavy atom. The van der Waals surface area contributed by atoms with Crippen molar-refractivity contribution in [2.24, 2.45) is 0 Å². The van der Waals surface area contributed by atoms with Crippen molar-refractivity contribution in [3.05, 3.63) is 16.6 Å². The molecule has 0 aliphatic heterocycles. The highest BCUT2D eigenvalue weighted by Crippen LogP contribution is 2.12. The molecule has 6 nitrogen and oxygen atoms in total. The van der Waals surface area contributed by atoms with E-state index in [1.165, 1.54) is 4.90 Å². The Balaban J connectivity index is 2.49. The number of aliphatic hydroxyl groups is 1. The van der Waals surface area contributed by atoms with Crippen LogP contribution >= 0.6 is 11.3 Å². The monoisotopic (exact) mass is 329 g/mol. The number of ether oxygens (including phenoxy) is 1. The summed E-state index contributed by atoms with van der Waals surface area (Å²) in [7, 11) is 0. The molecule has 1 amide bonds. The van der Waals surface area contributed by atoms with Crippen molar-refractivity contribution in [3.63, 3.8) is 0 Å². The van der Waals surface area contributed by atoms with E-state index in [9.17, 15) is 9.90 Å². The summed E-state index contributed by atoms with van der Waals surface area (Å²) >= 11 is 1.56. The zero-order valence-electron chi connectivity index (χ0n) is 14.0. The maximum absolute atomic E-state index is 12.2. The first-order valence-electron chi connectivity index (χ1n) is 7.46. The zero-order valence-corrected chi connectivity index (χ0v) is 14.8. The molecule has 0 aromatic carbocycles. The van der Waals surface area contributed by atoms with Gasteiger partial charge in [-0.25, -0.2) is 9.78 Å². The van der Waals surface area contributed by atoms with Gasteiger partial charge in [-0.2, -0.15) is 0 Å². The molecule has 0 spiro atoms. The highest BCUT2D eigenvalue weighted by Gasteiger charge is 2.23.